The molecule has 1 saturated heterocycles. The molecule has 0 bridgehead atoms. The van der Waals surface area contributed by atoms with Crippen LogP contribution in [0.5, 0.6) is 5.75 Å². The van der Waals surface area contributed by atoms with Crippen molar-refractivity contribution in [1.82, 2.24) is 10.2 Å². The molecule has 0 spiro atoms. The fraction of sp³-hybridized carbons (Fsp3) is 0.474. The Kier molecular flexibility index (Phi) is 6.86. The summed E-state index contributed by atoms with van der Waals surface area (Å²) in [7, 11) is 1.61. The quantitative estimate of drug-likeness (QED) is 0.833. The molecule has 136 valence electrons. The smallest absolute Gasteiger partial charge is 0.409 e. The van der Waals surface area contributed by atoms with Crippen molar-refractivity contribution in [2.45, 2.75) is 32.7 Å². The molecule has 6 heteroatoms. The summed E-state index contributed by atoms with van der Waals surface area (Å²) < 4.78 is 10.3. The highest BCUT2D eigenvalue weighted by Gasteiger charge is 2.24. The maximum Gasteiger partial charge on any atom is 0.409 e. The van der Waals surface area contributed by atoms with Gasteiger partial charge in [-0.05, 0) is 44.9 Å². The van der Waals surface area contributed by atoms with E-state index >= 15 is 0 Å². The number of carbonyl (C=O) groups is 2. The summed E-state index contributed by atoms with van der Waals surface area (Å²) in [4.78, 5) is 25.5. The third-order valence-electron chi connectivity index (χ3n) is 4.17. The Morgan fingerprint density at radius 2 is 2.04 bits per heavy atom. The van der Waals surface area contributed by atoms with Crippen molar-refractivity contribution < 1.29 is 19.1 Å². The summed E-state index contributed by atoms with van der Waals surface area (Å²) in [6.45, 7) is 5.36. The number of amides is 2. The summed E-state index contributed by atoms with van der Waals surface area (Å²) >= 11 is 0. The van der Waals surface area contributed by atoms with E-state index in [-0.39, 0.29) is 18.0 Å². The number of likely N-dealkylation sites (tertiary alicyclic amines) is 1. The molecule has 2 rings (SSSR count). The average Bonchev–Trinajstić information content (AvgIpc) is 2.61. The molecule has 1 aliphatic heterocycles. The monoisotopic (exact) mass is 346 g/mol. The van der Waals surface area contributed by atoms with Gasteiger partial charge in [0.05, 0.1) is 13.7 Å². The van der Waals surface area contributed by atoms with Crippen LogP contribution in [0.4, 0.5) is 4.79 Å². The number of carbonyl (C=O) groups excluding carboxylic acids is 2. The molecule has 0 atom stereocenters. The molecule has 0 radical (unpaired) electrons. The van der Waals surface area contributed by atoms with Gasteiger partial charge < -0.3 is 19.7 Å². The van der Waals surface area contributed by atoms with Crippen molar-refractivity contribution in [1.29, 1.82) is 0 Å². The minimum atomic E-state index is -0.279. The first kappa shape index (κ1) is 18.8. The predicted molar refractivity (Wildman–Crippen MR) is 96.5 cm³/mol. The fourth-order valence-corrected chi connectivity index (χ4v) is 2.82. The lowest BCUT2D eigenvalue weighted by Crippen LogP contribution is -2.46. The Labute approximate surface area is 148 Å². The van der Waals surface area contributed by atoms with E-state index in [1.165, 1.54) is 6.08 Å². The van der Waals surface area contributed by atoms with E-state index in [4.69, 9.17) is 9.47 Å². The molecule has 25 heavy (non-hydrogen) atoms. The number of benzene rings is 1. The lowest BCUT2D eigenvalue weighted by Gasteiger charge is -2.31. The summed E-state index contributed by atoms with van der Waals surface area (Å²) in [5.74, 6) is 0.593. The minimum Gasteiger partial charge on any atom is -0.496 e. The van der Waals surface area contributed by atoms with E-state index in [1.54, 1.807) is 25.0 Å². The second kappa shape index (κ2) is 9.11. The van der Waals surface area contributed by atoms with Gasteiger partial charge in [0.15, 0.2) is 0 Å². The first-order chi connectivity index (χ1) is 12.0. The molecule has 6 nitrogen and oxygen atoms in total. The second-order valence-corrected chi connectivity index (χ2v) is 6.05. The van der Waals surface area contributed by atoms with Crippen LogP contribution >= 0.6 is 0 Å². The van der Waals surface area contributed by atoms with Gasteiger partial charge in [-0.1, -0.05) is 11.6 Å². The molecule has 1 N–H and O–H groups in total. The number of methoxy groups -OCH3 is 1. The van der Waals surface area contributed by atoms with E-state index in [9.17, 15) is 9.59 Å². The fourth-order valence-electron chi connectivity index (χ4n) is 2.82. The van der Waals surface area contributed by atoms with Crippen LogP contribution in [-0.4, -0.2) is 49.7 Å². The predicted octanol–water partition coefficient (Wildman–Crippen LogP) is 2.75. The highest BCUT2D eigenvalue weighted by Crippen LogP contribution is 2.21. The van der Waals surface area contributed by atoms with Gasteiger partial charge >= 0.3 is 6.09 Å². The van der Waals surface area contributed by atoms with Crippen molar-refractivity contribution >= 4 is 18.1 Å². The number of ether oxygens (including phenoxy) is 2. The van der Waals surface area contributed by atoms with Crippen LogP contribution in [0.1, 0.15) is 30.9 Å². The molecule has 0 aliphatic carbocycles. The van der Waals surface area contributed by atoms with Crippen molar-refractivity contribution in [3.8, 4) is 5.75 Å². The second-order valence-electron chi connectivity index (χ2n) is 6.05. The first-order valence-corrected chi connectivity index (χ1v) is 8.58. The number of hydrogen-bond acceptors (Lipinski definition) is 4. The third kappa shape index (κ3) is 5.52. The number of aryl methyl sites for hydroxylation is 1. The number of nitrogens with zero attached hydrogens (tertiary/aromatic N) is 1. The maximum absolute atomic E-state index is 12.1. The van der Waals surface area contributed by atoms with Crippen molar-refractivity contribution in [3.05, 3.63) is 35.4 Å². The van der Waals surface area contributed by atoms with Gasteiger partial charge in [-0.25, -0.2) is 4.79 Å². The lowest BCUT2D eigenvalue weighted by molar-refractivity contribution is -0.117. The molecule has 2 amide bonds. The van der Waals surface area contributed by atoms with Crippen molar-refractivity contribution in [2.75, 3.05) is 26.8 Å². The zero-order valence-electron chi connectivity index (χ0n) is 15.1. The van der Waals surface area contributed by atoms with E-state index < -0.39 is 0 Å². The molecule has 1 aromatic carbocycles. The summed E-state index contributed by atoms with van der Waals surface area (Å²) in [6, 6.07) is 5.90. The lowest BCUT2D eigenvalue weighted by atomic mass is 10.1. The minimum absolute atomic E-state index is 0.0715. The van der Waals surface area contributed by atoms with Gasteiger partial charge in [0.1, 0.15) is 5.75 Å². The SMILES string of the molecule is CCOC(=O)N1CCC(NC(=O)/C=C/c2cc(C)ccc2OC)CC1. The Morgan fingerprint density at radius 1 is 1.32 bits per heavy atom. The van der Waals surface area contributed by atoms with Gasteiger partial charge in [-0.3, -0.25) is 4.79 Å². The molecule has 1 fully saturated rings. The summed E-state index contributed by atoms with van der Waals surface area (Å²) in [6.07, 6.45) is 4.46. The number of rotatable bonds is 5. The Balaban J connectivity index is 1.85. The van der Waals surface area contributed by atoms with Crippen LogP contribution in [0.2, 0.25) is 0 Å². The maximum atomic E-state index is 12.1. The van der Waals surface area contributed by atoms with Crippen LogP contribution in [0.3, 0.4) is 0 Å². The van der Waals surface area contributed by atoms with E-state index in [2.05, 4.69) is 5.32 Å². The van der Waals surface area contributed by atoms with Gasteiger partial charge in [0.2, 0.25) is 5.91 Å². The van der Waals surface area contributed by atoms with E-state index in [0.29, 0.717) is 19.7 Å². The van der Waals surface area contributed by atoms with E-state index in [1.807, 2.05) is 25.1 Å². The van der Waals surface area contributed by atoms with Crippen LogP contribution in [-0.2, 0) is 9.53 Å². The molecule has 0 aromatic heterocycles. The molecule has 0 unspecified atom stereocenters. The Morgan fingerprint density at radius 3 is 2.68 bits per heavy atom. The largest absolute Gasteiger partial charge is 0.496 e. The van der Waals surface area contributed by atoms with Crippen LogP contribution < -0.4 is 10.1 Å². The van der Waals surface area contributed by atoms with Crippen LogP contribution in [0.25, 0.3) is 6.08 Å². The third-order valence-corrected chi connectivity index (χ3v) is 4.17. The number of piperidine rings is 1. The Bertz CT molecular complexity index is 634. The van der Waals surface area contributed by atoms with Gasteiger partial charge in [-0.15, -0.1) is 0 Å². The van der Waals surface area contributed by atoms with Crippen molar-refractivity contribution in [3.63, 3.8) is 0 Å². The van der Waals surface area contributed by atoms with Gasteiger partial charge in [-0.2, -0.15) is 0 Å². The molecule has 1 aromatic rings. The highest BCUT2D eigenvalue weighted by molar-refractivity contribution is 5.92. The molecular formula is C19H26N2O4. The zero-order valence-corrected chi connectivity index (χ0v) is 15.1. The number of nitrogens with one attached hydrogen (secondary N) is 1. The topological polar surface area (TPSA) is 67.9 Å². The normalized spacial score (nSPS) is 15.2. The van der Waals surface area contributed by atoms with E-state index in [0.717, 1.165) is 29.7 Å². The first-order valence-electron chi connectivity index (χ1n) is 8.58. The molecule has 0 saturated carbocycles. The summed E-state index contributed by atoms with van der Waals surface area (Å²) in [5, 5.41) is 2.99. The van der Waals surface area contributed by atoms with Crippen LogP contribution in [0, 0.1) is 6.92 Å². The average molecular weight is 346 g/mol. The zero-order chi connectivity index (χ0) is 18.2. The van der Waals surface area contributed by atoms with Gasteiger partial charge in [0.25, 0.3) is 0 Å². The number of hydrogen-bond donors (Lipinski definition) is 1. The Hall–Kier alpha value is -2.50. The standard InChI is InChI=1S/C19H26N2O4/c1-4-25-19(23)21-11-9-16(10-12-21)20-18(22)8-6-15-13-14(2)5-7-17(15)24-3/h5-8,13,16H,4,9-12H2,1-3H3,(H,20,22)/b8-6+. The van der Waals surface area contributed by atoms with Crippen LogP contribution in [0.15, 0.2) is 24.3 Å². The van der Waals surface area contributed by atoms with Crippen molar-refractivity contribution in [2.24, 2.45) is 0 Å². The molecule has 1 aliphatic rings. The van der Waals surface area contributed by atoms with Gasteiger partial charge in [0, 0.05) is 30.8 Å². The summed E-state index contributed by atoms with van der Waals surface area (Å²) in [5.41, 5.74) is 1.97. The molecular weight excluding hydrogens is 320 g/mol. The molecule has 1 heterocycles. The highest BCUT2D eigenvalue weighted by atomic mass is 16.6.